The zero-order chi connectivity index (χ0) is 2.71. The molecule has 0 saturated heterocycles. The predicted molar refractivity (Wildman–Crippen MR) is 15.0 cm³/mol. The number of nitrogens with one attached hydrogen (secondary N) is 1. The van der Waals surface area contributed by atoms with Crippen LogP contribution in [0.15, 0.2) is 0 Å². The minimum atomic E-state index is 0. The normalized spacial score (nSPS) is 4.50. The summed E-state index contributed by atoms with van der Waals surface area (Å²) in [5.41, 5.74) is 0. The van der Waals surface area contributed by atoms with Crippen molar-refractivity contribution in [1.29, 1.82) is 0 Å². The average molecular weight is 110 g/mol. The molecule has 0 fully saturated rings. The molecule has 0 aromatic heterocycles. The van der Waals surface area contributed by atoms with E-state index in [1.807, 2.05) is 14.1 Å². The van der Waals surface area contributed by atoms with Gasteiger partial charge in [0.15, 0.2) is 0 Å². The summed E-state index contributed by atoms with van der Waals surface area (Å²) in [5.74, 6) is 0. The van der Waals surface area contributed by atoms with Crippen molar-refractivity contribution in [2.75, 3.05) is 14.1 Å². The Kier molecular flexibility index (Phi) is 21.0. The van der Waals surface area contributed by atoms with Crippen molar-refractivity contribution in [3.05, 3.63) is 0 Å². The van der Waals surface area contributed by atoms with Crippen molar-refractivity contribution >= 4 is 0 Å². The predicted octanol–water partition coefficient (Wildman–Crippen LogP) is -0.167. The number of rotatable bonds is 0. The van der Waals surface area contributed by atoms with Crippen LogP contribution in [0, 0.1) is 0 Å². The van der Waals surface area contributed by atoms with E-state index in [4.69, 9.17) is 0 Å². The second kappa shape index (κ2) is 9.54. The fourth-order valence-electron chi connectivity index (χ4n) is 0. The molecule has 1 nitrogen and oxygen atoms in total. The van der Waals surface area contributed by atoms with E-state index in [-0.39, 0.29) is 19.5 Å². The molecule has 0 aromatic rings. The summed E-state index contributed by atoms with van der Waals surface area (Å²) in [7, 11) is 3.75. The first-order valence-corrected chi connectivity index (χ1v) is 1.00. The van der Waals surface area contributed by atoms with Gasteiger partial charge in [0.05, 0.1) is 0 Å². The van der Waals surface area contributed by atoms with Crippen LogP contribution in [0.5, 0.6) is 0 Å². The zero-order valence-electron chi connectivity index (χ0n) is 3.21. The van der Waals surface area contributed by atoms with Gasteiger partial charge < -0.3 is 5.32 Å². The number of hydrogen-bond acceptors (Lipinski definition) is 1. The molecular formula is C2H7NZn. The Bertz CT molecular complexity index is 6.00. The Labute approximate surface area is 39.5 Å². The molecule has 0 atom stereocenters. The van der Waals surface area contributed by atoms with E-state index in [9.17, 15) is 0 Å². The van der Waals surface area contributed by atoms with Gasteiger partial charge in [0.2, 0.25) is 0 Å². The Morgan fingerprint density at radius 3 is 1.25 bits per heavy atom. The summed E-state index contributed by atoms with van der Waals surface area (Å²) in [6.45, 7) is 0. The van der Waals surface area contributed by atoms with Crippen LogP contribution in [0.3, 0.4) is 0 Å². The van der Waals surface area contributed by atoms with Gasteiger partial charge in [0.25, 0.3) is 0 Å². The van der Waals surface area contributed by atoms with E-state index in [0.717, 1.165) is 0 Å². The maximum Gasteiger partial charge on any atom is 0 e. The fraction of sp³-hybridized carbons (Fsp3) is 1.00. The van der Waals surface area contributed by atoms with Crippen molar-refractivity contribution in [2.45, 2.75) is 0 Å². The van der Waals surface area contributed by atoms with Crippen LogP contribution >= 0.6 is 0 Å². The molecule has 22 valence electrons. The summed E-state index contributed by atoms with van der Waals surface area (Å²) in [6, 6.07) is 0. The van der Waals surface area contributed by atoms with Crippen LogP contribution in [-0.4, -0.2) is 14.1 Å². The van der Waals surface area contributed by atoms with Gasteiger partial charge in [-0.3, -0.25) is 0 Å². The zero-order valence-corrected chi connectivity index (χ0v) is 6.17. The Hall–Kier alpha value is 0.583. The molecule has 0 spiro atoms. The first-order valence-electron chi connectivity index (χ1n) is 1.00. The minimum Gasteiger partial charge on any atom is -0.323 e. The summed E-state index contributed by atoms with van der Waals surface area (Å²) in [4.78, 5) is 0. The maximum absolute atomic E-state index is 2.75. The topological polar surface area (TPSA) is 12.0 Å². The third-order valence-corrected chi connectivity index (χ3v) is 0. The standard InChI is InChI=1S/C2H7N.Zn/c1-3-2;/h3H,1-2H3;. The molecule has 0 amide bonds. The summed E-state index contributed by atoms with van der Waals surface area (Å²) < 4.78 is 0. The van der Waals surface area contributed by atoms with Crippen molar-refractivity contribution in [2.24, 2.45) is 0 Å². The van der Waals surface area contributed by atoms with Gasteiger partial charge in [0, 0.05) is 19.5 Å². The SMILES string of the molecule is CNC.[Zn]. The van der Waals surface area contributed by atoms with E-state index in [2.05, 4.69) is 5.32 Å². The average Bonchev–Trinajstić information content (AvgIpc) is 0.918. The first kappa shape index (κ1) is 8.82. The summed E-state index contributed by atoms with van der Waals surface area (Å²) in [6.07, 6.45) is 0. The van der Waals surface area contributed by atoms with Crippen LogP contribution in [0.2, 0.25) is 0 Å². The smallest absolute Gasteiger partial charge is 0 e. The Morgan fingerprint density at radius 1 is 1.25 bits per heavy atom. The van der Waals surface area contributed by atoms with Gasteiger partial charge in [-0.2, -0.15) is 0 Å². The molecule has 0 aliphatic heterocycles. The summed E-state index contributed by atoms with van der Waals surface area (Å²) in [5, 5.41) is 2.75. The van der Waals surface area contributed by atoms with Gasteiger partial charge >= 0.3 is 0 Å². The first-order chi connectivity index (χ1) is 1.41. The van der Waals surface area contributed by atoms with Crippen molar-refractivity contribution in [1.82, 2.24) is 5.32 Å². The van der Waals surface area contributed by atoms with Gasteiger partial charge in [0.1, 0.15) is 0 Å². The molecule has 0 aliphatic carbocycles. The monoisotopic (exact) mass is 109 g/mol. The molecule has 1 N–H and O–H groups in total. The van der Waals surface area contributed by atoms with Crippen LogP contribution in [0.1, 0.15) is 0 Å². The summed E-state index contributed by atoms with van der Waals surface area (Å²) >= 11 is 0. The minimum absolute atomic E-state index is 0. The quantitative estimate of drug-likeness (QED) is 0.427. The van der Waals surface area contributed by atoms with Gasteiger partial charge in [-0.15, -0.1) is 0 Å². The maximum atomic E-state index is 2.75. The van der Waals surface area contributed by atoms with Crippen LogP contribution < -0.4 is 5.32 Å². The van der Waals surface area contributed by atoms with Crippen molar-refractivity contribution in [3.63, 3.8) is 0 Å². The number of hydrogen-bond donors (Lipinski definition) is 1. The second-order valence-corrected chi connectivity index (χ2v) is 0.500. The second-order valence-electron chi connectivity index (χ2n) is 0.500. The van der Waals surface area contributed by atoms with Crippen molar-refractivity contribution < 1.29 is 19.5 Å². The molecule has 0 bridgehead atoms. The van der Waals surface area contributed by atoms with Crippen LogP contribution in [-0.2, 0) is 19.5 Å². The Balaban J connectivity index is 0. The van der Waals surface area contributed by atoms with Crippen LogP contribution in [0.4, 0.5) is 0 Å². The molecule has 0 rings (SSSR count). The molecule has 0 heterocycles. The molecule has 0 unspecified atom stereocenters. The van der Waals surface area contributed by atoms with Gasteiger partial charge in [-0.05, 0) is 14.1 Å². The largest absolute Gasteiger partial charge is 0.323 e. The molecule has 4 heavy (non-hydrogen) atoms. The van der Waals surface area contributed by atoms with E-state index in [0.29, 0.717) is 0 Å². The molecule has 2 heteroatoms. The molecular weight excluding hydrogens is 103 g/mol. The third kappa shape index (κ3) is 19.0. The van der Waals surface area contributed by atoms with Crippen LogP contribution in [0.25, 0.3) is 0 Å². The van der Waals surface area contributed by atoms with E-state index in [1.54, 1.807) is 0 Å². The third-order valence-electron chi connectivity index (χ3n) is 0. The van der Waals surface area contributed by atoms with Gasteiger partial charge in [-0.1, -0.05) is 0 Å². The van der Waals surface area contributed by atoms with E-state index < -0.39 is 0 Å². The fourth-order valence-corrected chi connectivity index (χ4v) is 0. The van der Waals surface area contributed by atoms with E-state index >= 15 is 0 Å². The Morgan fingerprint density at radius 2 is 1.25 bits per heavy atom. The molecule has 0 aliphatic rings. The van der Waals surface area contributed by atoms with Gasteiger partial charge in [-0.25, -0.2) is 0 Å². The molecule has 0 aromatic carbocycles. The molecule has 0 radical (unpaired) electrons. The van der Waals surface area contributed by atoms with Crippen molar-refractivity contribution in [3.8, 4) is 0 Å². The molecule has 0 saturated carbocycles. The van der Waals surface area contributed by atoms with E-state index in [1.165, 1.54) is 0 Å².